The quantitative estimate of drug-likeness (QED) is 0.271. The summed E-state index contributed by atoms with van der Waals surface area (Å²) in [6.45, 7) is 0. The van der Waals surface area contributed by atoms with Crippen LogP contribution in [0.25, 0.3) is 10.4 Å². The number of hydrogen-bond donors (Lipinski definition) is 0. The highest BCUT2D eigenvalue weighted by molar-refractivity contribution is 5.37. The summed E-state index contributed by atoms with van der Waals surface area (Å²) < 4.78 is 37.0. The molecule has 3 nitrogen and oxygen atoms in total. The smallest absolute Gasteiger partial charge is 0.194 e. The molecule has 0 saturated heterocycles. The summed E-state index contributed by atoms with van der Waals surface area (Å²) in [6, 6.07) is 1.22. The highest BCUT2D eigenvalue weighted by atomic mass is 19.2. The van der Waals surface area contributed by atoms with Crippen LogP contribution in [0.2, 0.25) is 0 Å². The lowest BCUT2D eigenvalue weighted by Gasteiger charge is -1.95. The molecule has 0 aliphatic rings. The van der Waals surface area contributed by atoms with Crippen molar-refractivity contribution in [2.75, 3.05) is 0 Å². The third-order valence-electron chi connectivity index (χ3n) is 1.13. The molecular formula is C6H2F3N3. The summed E-state index contributed by atoms with van der Waals surface area (Å²) in [5, 5.41) is 2.90. The van der Waals surface area contributed by atoms with E-state index < -0.39 is 17.5 Å². The Morgan fingerprint density at radius 3 is 2.08 bits per heavy atom. The van der Waals surface area contributed by atoms with Gasteiger partial charge in [-0.3, -0.25) is 0 Å². The highest BCUT2D eigenvalue weighted by Gasteiger charge is 2.08. The lowest BCUT2D eigenvalue weighted by atomic mass is 10.3. The van der Waals surface area contributed by atoms with Crippen molar-refractivity contribution in [1.29, 1.82) is 0 Å². The molecule has 0 N–H and O–H groups in total. The van der Waals surface area contributed by atoms with E-state index in [1.165, 1.54) is 0 Å². The Bertz CT molecular complexity index is 334. The van der Waals surface area contributed by atoms with Crippen LogP contribution in [0.15, 0.2) is 17.2 Å². The molecule has 0 fully saturated rings. The SMILES string of the molecule is [N-]=[N+]=Nc1cc(F)c(F)c(F)c1. The fraction of sp³-hybridized carbons (Fsp3) is 0. The number of azide groups is 1. The largest absolute Gasteiger partial charge is 0.204 e. The van der Waals surface area contributed by atoms with Crippen LogP contribution in [0.5, 0.6) is 0 Å². The topological polar surface area (TPSA) is 48.8 Å². The van der Waals surface area contributed by atoms with Crippen molar-refractivity contribution < 1.29 is 13.2 Å². The predicted octanol–water partition coefficient (Wildman–Crippen LogP) is 3.05. The van der Waals surface area contributed by atoms with Gasteiger partial charge < -0.3 is 0 Å². The fourth-order valence-corrected chi connectivity index (χ4v) is 0.652. The van der Waals surface area contributed by atoms with Gasteiger partial charge in [-0.25, -0.2) is 13.2 Å². The molecule has 0 aliphatic carbocycles. The standard InChI is InChI=1S/C6H2F3N3/c7-4-1-3(11-12-10)2-5(8)6(4)9/h1-2H. The Morgan fingerprint density at radius 2 is 1.67 bits per heavy atom. The van der Waals surface area contributed by atoms with Crippen LogP contribution >= 0.6 is 0 Å². The first-order valence-electron chi connectivity index (χ1n) is 2.85. The van der Waals surface area contributed by atoms with E-state index in [-0.39, 0.29) is 5.69 Å². The zero-order valence-electron chi connectivity index (χ0n) is 5.63. The van der Waals surface area contributed by atoms with Crippen molar-refractivity contribution in [1.82, 2.24) is 0 Å². The number of hydrogen-bond acceptors (Lipinski definition) is 1. The third kappa shape index (κ3) is 1.49. The third-order valence-corrected chi connectivity index (χ3v) is 1.13. The van der Waals surface area contributed by atoms with Crippen LogP contribution in [0.1, 0.15) is 0 Å². The van der Waals surface area contributed by atoms with Crippen molar-refractivity contribution >= 4 is 5.69 Å². The molecule has 0 aliphatic heterocycles. The summed E-state index contributed by atoms with van der Waals surface area (Å²) in [6.07, 6.45) is 0. The fourth-order valence-electron chi connectivity index (χ4n) is 0.652. The summed E-state index contributed by atoms with van der Waals surface area (Å²) >= 11 is 0. The number of rotatable bonds is 1. The lowest BCUT2D eigenvalue weighted by molar-refractivity contribution is 0.447. The van der Waals surface area contributed by atoms with Crippen molar-refractivity contribution in [2.45, 2.75) is 0 Å². The Hall–Kier alpha value is -1.68. The van der Waals surface area contributed by atoms with Gasteiger partial charge >= 0.3 is 0 Å². The van der Waals surface area contributed by atoms with Gasteiger partial charge in [-0.05, 0) is 17.7 Å². The number of benzene rings is 1. The molecular weight excluding hydrogens is 171 g/mol. The van der Waals surface area contributed by atoms with Gasteiger partial charge in [0.1, 0.15) is 0 Å². The lowest BCUT2D eigenvalue weighted by Crippen LogP contribution is -1.88. The van der Waals surface area contributed by atoms with Crippen molar-refractivity contribution in [3.63, 3.8) is 0 Å². The molecule has 0 atom stereocenters. The highest BCUT2D eigenvalue weighted by Crippen LogP contribution is 2.19. The first-order valence-corrected chi connectivity index (χ1v) is 2.85. The van der Waals surface area contributed by atoms with Crippen molar-refractivity contribution in [3.05, 3.63) is 40.0 Å². The van der Waals surface area contributed by atoms with E-state index in [0.29, 0.717) is 12.1 Å². The van der Waals surface area contributed by atoms with Gasteiger partial charge in [-0.2, -0.15) is 0 Å². The van der Waals surface area contributed by atoms with Crippen LogP contribution in [0.4, 0.5) is 18.9 Å². The second kappa shape index (κ2) is 3.15. The average molecular weight is 173 g/mol. The number of nitrogens with zero attached hydrogens (tertiary/aromatic N) is 3. The molecule has 62 valence electrons. The van der Waals surface area contributed by atoms with Crippen LogP contribution in [-0.4, -0.2) is 0 Å². The normalized spacial score (nSPS) is 9.25. The minimum Gasteiger partial charge on any atom is -0.204 e. The van der Waals surface area contributed by atoms with Crippen LogP contribution in [-0.2, 0) is 0 Å². The zero-order chi connectivity index (χ0) is 9.14. The monoisotopic (exact) mass is 173 g/mol. The Labute approximate surface area is 65.1 Å². The van der Waals surface area contributed by atoms with E-state index in [2.05, 4.69) is 10.0 Å². The van der Waals surface area contributed by atoms with Gasteiger partial charge in [0, 0.05) is 10.6 Å². The Balaban J connectivity index is 3.30. The maximum Gasteiger partial charge on any atom is 0.194 e. The molecule has 0 aromatic heterocycles. The van der Waals surface area contributed by atoms with Gasteiger partial charge in [0.25, 0.3) is 0 Å². The van der Waals surface area contributed by atoms with Crippen molar-refractivity contribution in [2.24, 2.45) is 5.11 Å². The summed E-state index contributed by atoms with van der Waals surface area (Å²) in [5.41, 5.74) is 7.59. The molecule has 0 radical (unpaired) electrons. The summed E-state index contributed by atoms with van der Waals surface area (Å²) in [5.74, 6) is -4.33. The van der Waals surface area contributed by atoms with Crippen LogP contribution in [0.3, 0.4) is 0 Å². The van der Waals surface area contributed by atoms with Gasteiger partial charge in [0.2, 0.25) is 0 Å². The summed E-state index contributed by atoms with van der Waals surface area (Å²) in [7, 11) is 0. The molecule has 0 heterocycles. The molecule has 1 aromatic rings. The molecule has 1 rings (SSSR count). The van der Waals surface area contributed by atoms with Crippen molar-refractivity contribution in [3.8, 4) is 0 Å². The number of halogens is 3. The van der Waals surface area contributed by atoms with E-state index in [1.54, 1.807) is 0 Å². The predicted molar refractivity (Wildman–Crippen MR) is 35.1 cm³/mol. The first kappa shape index (κ1) is 8.42. The molecule has 0 unspecified atom stereocenters. The van der Waals surface area contributed by atoms with Gasteiger partial charge in [0.05, 0.1) is 0 Å². The Morgan fingerprint density at radius 1 is 1.17 bits per heavy atom. The minimum absolute atomic E-state index is 0.297. The zero-order valence-corrected chi connectivity index (χ0v) is 5.63. The molecule has 1 aromatic carbocycles. The first-order chi connectivity index (χ1) is 5.65. The molecule has 0 saturated carbocycles. The van der Waals surface area contributed by atoms with E-state index in [9.17, 15) is 13.2 Å². The molecule has 0 bridgehead atoms. The minimum atomic E-state index is -1.58. The second-order valence-electron chi connectivity index (χ2n) is 1.91. The molecule has 0 amide bonds. The molecule has 0 spiro atoms. The van der Waals surface area contributed by atoms with Crippen LogP contribution in [0, 0.1) is 17.5 Å². The molecule has 6 heteroatoms. The van der Waals surface area contributed by atoms with E-state index in [4.69, 9.17) is 5.53 Å². The molecule has 12 heavy (non-hydrogen) atoms. The van der Waals surface area contributed by atoms with E-state index in [0.717, 1.165) is 0 Å². The van der Waals surface area contributed by atoms with Gasteiger partial charge in [0.15, 0.2) is 17.5 Å². The Kier molecular flexibility index (Phi) is 2.21. The maximum absolute atomic E-state index is 12.4. The summed E-state index contributed by atoms with van der Waals surface area (Å²) in [4.78, 5) is 2.29. The van der Waals surface area contributed by atoms with Crippen LogP contribution < -0.4 is 0 Å². The maximum atomic E-state index is 12.4. The van der Waals surface area contributed by atoms with Gasteiger partial charge in [-0.15, -0.1) is 0 Å². The van der Waals surface area contributed by atoms with E-state index >= 15 is 0 Å². The second-order valence-corrected chi connectivity index (χ2v) is 1.91. The van der Waals surface area contributed by atoms with E-state index in [1.807, 2.05) is 0 Å². The van der Waals surface area contributed by atoms with Gasteiger partial charge in [-0.1, -0.05) is 5.11 Å². The average Bonchev–Trinajstić information content (AvgIpc) is 2.01.